The van der Waals surface area contributed by atoms with Gasteiger partial charge < -0.3 is 10.1 Å². The number of halogens is 1. The fourth-order valence-electron chi connectivity index (χ4n) is 3.86. The standard InChI is InChI=1S/C24H31ClN2O4S/c1-18(2)22-7-3-4-8-23(22)31-15-13-26-24(28)20-6-5-14-27(16-20)32(29,30)17-19-9-11-21(25)12-10-19/h3-4,7-12,18,20H,5-6,13-17H2,1-2H3,(H,26,28)/t20-/m1/s1. The van der Waals surface area contributed by atoms with Crippen molar-refractivity contribution in [2.45, 2.75) is 38.4 Å². The maximum absolute atomic E-state index is 12.9. The fraction of sp³-hybridized carbons (Fsp3) is 0.458. The second kappa shape index (κ2) is 11.2. The second-order valence-electron chi connectivity index (χ2n) is 8.41. The largest absolute Gasteiger partial charge is 0.491 e. The molecule has 6 nitrogen and oxygen atoms in total. The smallest absolute Gasteiger partial charge is 0.224 e. The molecule has 1 amide bonds. The third-order valence-electron chi connectivity index (χ3n) is 5.61. The van der Waals surface area contributed by atoms with E-state index in [1.165, 1.54) is 4.31 Å². The molecular weight excluding hydrogens is 448 g/mol. The Hall–Kier alpha value is -2.09. The molecule has 1 fully saturated rings. The molecule has 0 spiro atoms. The number of ether oxygens (including phenoxy) is 1. The number of nitrogens with one attached hydrogen (secondary N) is 1. The number of amides is 1. The van der Waals surface area contributed by atoms with E-state index >= 15 is 0 Å². The molecular formula is C24H31ClN2O4S. The molecule has 1 aliphatic rings. The lowest BCUT2D eigenvalue weighted by Gasteiger charge is -2.31. The van der Waals surface area contributed by atoms with Gasteiger partial charge in [0.1, 0.15) is 12.4 Å². The molecule has 3 rings (SSSR count). The Morgan fingerprint density at radius 3 is 2.62 bits per heavy atom. The third kappa shape index (κ3) is 6.70. The molecule has 1 N–H and O–H groups in total. The monoisotopic (exact) mass is 478 g/mol. The van der Waals surface area contributed by atoms with Gasteiger partial charge in [-0.25, -0.2) is 12.7 Å². The van der Waals surface area contributed by atoms with Crippen LogP contribution in [0, 0.1) is 5.92 Å². The molecule has 2 aromatic carbocycles. The minimum absolute atomic E-state index is 0.0956. The molecule has 1 saturated heterocycles. The first-order chi connectivity index (χ1) is 15.3. The highest BCUT2D eigenvalue weighted by molar-refractivity contribution is 7.88. The quantitative estimate of drug-likeness (QED) is 0.548. The molecule has 0 bridgehead atoms. The summed E-state index contributed by atoms with van der Waals surface area (Å²) < 4.78 is 33.0. The maximum atomic E-state index is 12.9. The predicted molar refractivity (Wildman–Crippen MR) is 127 cm³/mol. The van der Waals surface area contributed by atoms with Crippen molar-refractivity contribution in [3.8, 4) is 5.75 Å². The summed E-state index contributed by atoms with van der Waals surface area (Å²) in [5.74, 6) is 0.600. The number of rotatable bonds is 9. The first-order valence-corrected chi connectivity index (χ1v) is 13.0. The van der Waals surface area contributed by atoms with Crippen molar-refractivity contribution in [1.82, 2.24) is 9.62 Å². The molecule has 0 radical (unpaired) electrons. The van der Waals surface area contributed by atoms with Crippen LogP contribution in [0.15, 0.2) is 48.5 Å². The number of carbonyl (C=O) groups is 1. The van der Waals surface area contributed by atoms with Crippen molar-refractivity contribution in [3.63, 3.8) is 0 Å². The molecule has 1 heterocycles. The lowest BCUT2D eigenvalue weighted by molar-refractivity contribution is -0.126. The summed E-state index contributed by atoms with van der Waals surface area (Å²) in [5.41, 5.74) is 1.81. The van der Waals surface area contributed by atoms with Gasteiger partial charge in [0.25, 0.3) is 0 Å². The van der Waals surface area contributed by atoms with Crippen LogP contribution >= 0.6 is 11.6 Å². The summed E-state index contributed by atoms with van der Waals surface area (Å²) in [6.45, 7) is 5.60. The van der Waals surface area contributed by atoms with E-state index in [2.05, 4.69) is 19.2 Å². The molecule has 32 heavy (non-hydrogen) atoms. The van der Waals surface area contributed by atoms with Crippen LogP contribution in [-0.2, 0) is 20.6 Å². The second-order valence-corrected chi connectivity index (χ2v) is 10.8. The molecule has 1 atom stereocenters. The molecule has 8 heteroatoms. The number of hydrogen-bond acceptors (Lipinski definition) is 4. The molecule has 174 valence electrons. The minimum atomic E-state index is -3.50. The molecule has 0 aliphatic carbocycles. The molecule has 0 unspecified atom stereocenters. The highest BCUT2D eigenvalue weighted by Gasteiger charge is 2.32. The van der Waals surface area contributed by atoms with Gasteiger partial charge in [-0.3, -0.25) is 4.79 Å². The summed E-state index contributed by atoms with van der Waals surface area (Å²) in [5, 5.41) is 3.47. The zero-order valence-corrected chi connectivity index (χ0v) is 20.2. The number of sulfonamides is 1. The third-order valence-corrected chi connectivity index (χ3v) is 7.68. The Morgan fingerprint density at radius 2 is 1.91 bits per heavy atom. The van der Waals surface area contributed by atoms with E-state index in [4.69, 9.17) is 16.3 Å². The average molecular weight is 479 g/mol. The predicted octanol–water partition coefficient (Wildman–Crippen LogP) is 4.20. The van der Waals surface area contributed by atoms with Crippen molar-refractivity contribution in [2.75, 3.05) is 26.2 Å². The van der Waals surface area contributed by atoms with E-state index in [1.54, 1.807) is 24.3 Å². The van der Waals surface area contributed by atoms with Gasteiger partial charge in [-0.1, -0.05) is 55.8 Å². The number of carbonyl (C=O) groups excluding carboxylic acids is 1. The van der Waals surface area contributed by atoms with Crippen molar-refractivity contribution >= 4 is 27.5 Å². The van der Waals surface area contributed by atoms with Gasteiger partial charge >= 0.3 is 0 Å². The average Bonchev–Trinajstić information content (AvgIpc) is 2.78. The maximum Gasteiger partial charge on any atom is 0.224 e. The van der Waals surface area contributed by atoms with Crippen LogP contribution in [0.4, 0.5) is 0 Å². The minimum Gasteiger partial charge on any atom is -0.491 e. The Bertz CT molecular complexity index is 1010. The van der Waals surface area contributed by atoms with E-state index < -0.39 is 10.0 Å². The van der Waals surface area contributed by atoms with Crippen LogP contribution in [0.25, 0.3) is 0 Å². The first kappa shape index (κ1) is 24.6. The van der Waals surface area contributed by atoms with E-state index in [1.807, 2.05) is 24.3 Å². The fourth-order valence-corrected chi connectivity index (χ4v) is 5.60. The number of nitrogens with zero attached hydrogens (tertiary/aromatic N) is 1. The number of benzene rings is 2. The highest BCUT2D eigenvalue weighted by atomic mass is 35.5. The number of para-hydroxylation sites is 1. The van der Waals surface area contributed by atoms with Crippen LogP contribution in [-0.4, -0.2) is 44.9 Å². The topological polar surface area (TPSA) is 75.7 Å². The molecule has 0 aromatic heterocycles. The van der Waals surface area contributed by atoms with Crippen LogP contribution < -0.4 is 10.1 Å². The summed E-state index contributed by atoms with van der Waals surface area (Å²) >= 11 is 5.88. The van der Waals surface area contributed by atoms with E-state index in [0.717, 1.165) is 11.3 Å². The zero-order chi connectivity index (χ0) is 23.1. The van der Waals surface area contributed by atoms with Crippen molar-refractivity contribution in [1.29, 1.82) is 0 Å². The summed E-state index contributed by atoms with van der Waals surface area (Å²) in [4.78, 5) is 12.7. The molecule has 0 saturated carbocycles. The normalized spacial score (nSPS) is 17.3. The lowest BCUT2D eigenvalue weighted by Crippen LogP contribution is -2.46. The summed E-state index contributed by atoms with van der Waals surface area (Å²) in [6, 6.07) is 14.7. The van der Waals surface area contributed by atoms with Gasteiger partial charge in [0.05, 0.1) is 18.2 Å². The first-order valence-electron chi connectivity index (χ1n) is 11.0. The van der Waals surface area contributed by atoms with E-state index in [0.29, 0.717) is 49.0 Å². The van der Waals surface area contributed by atoms with E-state index in [9.17, 15) is 13.2 Å². The Labute approximate surface area is 196 Å². The van der Waals surface area contributed by atoms with Crippen LogP contribution in [0.3, 0.4) is 0 Å². The van der Waals surface area contributed by atoms with Crippen LogP contribution in [0.2, 0.25) is 5.02 Å². The highest BCUT2D eigenvalue weighted by Crippen LogP contribution is 2.26. The van der Waals surface area contributed by atoms with Gasteiger partial charge in [0.15, 0.2) is 0 Å². The van der Waals surface area contributed by atoms with Gasteiger partial charge in [0.2, 0.25) is 15.9 Å². The SMILES string of the molecule is CC(C)c1ccccc1OCCNC(=O)[C@@H]1CCCN(S(=O)(=O)Cc2ccc(Cl)cc2)C1. The Balaban J connectivity index is 1.49. The van der Waals surface area contributed by atoms with Crippen LogP contribution in [0.5, 0.6) is 5.75 Å². The lowest BCUT2D eigenvalue weighted by atomic mass is 9.99. The van der Waals surface area contributed by atoms with Crippen molar-refractivity contribution < 1.29 is 17.9 Å². The van der Waals surface area contributed by atoms with Crippen molar-refractivity contribution in [2.24, 2.45) is 5.92 Å². The van der Waals surface area contributed by atoms with Gasteiger partial charge in [-0.15, -0.1) is 0 Å². The van der Waals surface area contributed by atoms with Gasteiger partial charge in [-0.2, -0.15) is 0 Å². The Kier molecular flexibility index (Phi) is 8.57. The molecule has 2 aromatic rings. The molecule has 1 aliphatic heterocycles. The van der Waals surface area contributed by atoms with Crippen LogP contribution in [0.1, 0.15) is 43.7 Å². The Morgan fingerprint density at radius 1 is 1.19 bits per heavy atom. The number of piperidine rings is 1. The zero-order valence-electron chi connectivity index (χ0n) is 18.6. The van der Waals surface area contributed by atoms with Crippen molar-refractivity contribution in [3.05, 3.63) is 64.7 Å². The number of hydrogen-bond donors (Lipinski definition) is 1. The van der Waals surface area contributed by atoms with E-state index in [-0.39, 0.29) is 24.1 Å². The van der Waals surface area contributed by atoms with Gasteiger partial charge in [0, 0.05) is 18.1 Å². The summed E-state index contributed by atoms with van der Waals surface area (Å²) in [6.07, 6.45) is 1.34. The summed E-state index contributed by atoms with van der Waals surface area (Å²) in [7, 11) is -3.50. The van der Waals surface area contributed by atoms with Gasteiger partial charge in [-0.05, 0) is 48.1 Å².